The van der Waals surface area contributed by atoms with Gasteiger partial charge in [-0.25, -0.2) is 0 Å². The van der Waals surface area contributed by atoms with Crippen molar-refractivity contribution in [1.82, 2.24) is 0 Å². The van der Waals surface area contributed by atoms with Crippen molar-refractivity contribution in [1.29, 1.82) is 0 Å². The summed E-state index contributed by atoms with van der Waals surface area (Å²) in [5, 5.41) is 1.52. The third kappa shape index (κ3) is 2.05. The van der Waals surface area contributed by atoms with Gasteiger partial charge in [-0.15, -0.1) is 0 Å². The van der Waals surface area contributed by atoms with Gasteiger partial charge in [0.2, 0.25) is 0 Å². The van der Waals surface area contributed by atoms with Gasteiger partial charge in [0.05, 0.1) is 0 Å². The molecule has 1 heteroatoms. The van der Waals surface area contributed by atoms with E-state index in [1.165, 1.54) is 16.3 Å². The van der Waals surface area contributed by atoms with Crippen LogP contribution in [0.5, 0.6) is 0 Å². The van der Waals surface area contributed by atoms with Crippen LogP contribution in [0.4, 0.5) is 0 Å². The van der Waals surface area contributed by atoms with Gasteiger partial charge in [0, 0.05) is 10.2 Å². The lowest BCUT2D eigenvalue weighted by Crippen LogP contribution is -1.84. The van der Waals surface area contributed by atoms with Crippen LogP contribution in [-0.2, 0) is 0 Å². The molecule has 1 aromatic rings. The Morgan fingerprint density at radius 3 is 2.09 bits per heavy atom. The Morgan fingerprint density at radius 2 is 1.64 bits per heavy atom. The Bertz CT molecular complexity index is 255. The lowest BCUT2D eigenvalue weighted by Gasteiger charge is -2.02. The van der Waals surface area contributed by atoms with Gasteiger partial charge in [-0.1, -0.05) is 41.1 Å². The summed E-state index contributed by atoms with van der Waals surface area (Å²) in [5.41, 5.74) is 2.84. The van der Waals surface area contributed by atoms with Crippen LogP contribution in [-0.4, -0.2) is 10.2 Å². The lowest BCUT2D eigenvalue weighted by molar-refractivity contribution is 1.41. The summed E-state index contributed by atoms with van der Waals surface area (Å²) >= 11 is 0. The van der Waals surface area contributed by atoms with E-state index in [0.29, 0.717) is 0 Å². The number of hydrogen-bond donors (Lipinski definition) is 0. The molecule has 0 unspecified atom stereocenters. The normalized spacial score (nSPS) is 9.64. The Kier molecular flexibility index (Phi) is 2.66. The first-order valence-corrected chi connectivity index (χ1v) is 4.91. The summed E-state index contributed by atoms with van der Waals surface area (Å²) in [6, 6.07) is 10.6. The van der Waals surface area contributed by atoms with Crippen molar-refractivity contribution in [2.75, 3.05) is 0 Å². The number of rotatable bonds is 1. The number of hydrogen-bond acceptors (Lipinski definition) is 0. The van der Waals surface area contributed by atoms with Crippen LogP contribution in [0.2, 0.25) is 0 Å². The van der Waals surface area contributed by atoms with Crippen LogP contribution < -0.4 is 0 Å². The minimum absolute atomic E-state index is 1.14. The molecule has 1 aromatic carbocycles. The average molecular weight is 162 g/mol. The molecule has 1 rings (SSSR count). The van der Waals surface area contributed by atoms with E-state index in [1.54, 1.807) is 0 Å². The van der Waals surface area contributed by atoms with E-state index in [0.717, 1.165) is 10.2 Å². The second-order valence-corrected chi connectivity index (χ2v) is 3.99. The fraction of sp³-hybridized carbons (Fsp3) is 0.200. The summed E-state index contributed by atoms with van der Waals surface area (Å²) in [6.07, 6.45) is 0. The second kappa shape index (κ2) is 3.53. The molecule has 0 aliphatic rings. The van der Waals surface area contributed by atoms with Crippen LogP contribution in [0, 0.1) is 0 Å². The second-order valence-electron chi connectivity index (χ2n) is 2.99. The highest BCUT2D eigenvalue weighted by Gasteiger charge is 1.93. The molecule has 0 saturated carbocycles. The van der Waals surface area contributed by atoms with Crippen LogP contribution in [0.15, 0.2) is 35.9 Å². The minimum Gasteiger partial charge on any atom is -0.0776 e. The maximum absolute atomic E-state index is 2.18. The van der Waals surface area contributed by atoms with Crippen molar-refractivity contribution in [2.45, 2.75) is 13.8 Å². The SMILES string of the molecule is CC(C)=C([SiH3])c1ccccc1. The van der Waals surface area contributed by atoms with E-state index >= 15 is 0 Å². The van der Waals surface area contributed by atoms with Crippen molar-refractivity contribution in [2.24, 2.45) is 0 Å². The highest BCUT2D eigenvalue weighted by atomic mass is 28.1. The molecule has 11 heavy (non-hydrogen) atoms. The van der Waals surface area contributed by atoms with E-state index in [1.807, 2.05) is 0 Å². The van der Waals surface area contributed by atoms with Crippen molar-refractivity contribution in [3.05, 3.63) is 41.5 Å². The van der Waals surface area contributed by atoms with E-state index in [4.69, 9.17) is 0 Å². The van der Waals surface area contributed by atoms with Gasteiger partial charge in [-0.2, -0.15) is 0 Å². The van der Waals surface area contributed by atoms with Crippen molar-refractivity contribution in [3.63, 3.8) is 0 Å². The fourth-order valence-electron chi connectivity index (χ4n) is 0.977. The van der Waals surface area contributed by atoms with E-state index in [2.05, 4.69) is 44.2 Å². The molecule has 58 valence electrons. The Hall–Kier alpha value is -0.823. The largest absolute Gasteiger partial charge is 0.0776 e. The maximum Gasteiger partial charge on any atom is 0.0391 e. The minimum atomic E-state index is 1.14. The molecule has 0 atom stereocenters. The van der Waals surface area contributed by atoms with Gasteiger partial charge in [0.25, 0.3) is 0 Å². The third-order valence-electron chi connectivity index (χ3n) is 1.96. The molecule has 0 bridgehead atoms. The van der Waals surface area contributed by atoms with Crippen LogP contribution in [0.25, 0.3) is 5.20 Å². The number of benzene rings is 1. The molecule has 0 heterocycles. The predicted molar refractivity (Wildman–Crippen MR) is 54.6 cm³/mol. The zero-order valence-corrected chi connectivity index (χ0v) is 9.39. The molecule has 0 N–H and O–H groups in total. The molecule has 0 aliphatic carbocycles. The molecule has 0 spiro atoms. The molecular formula is C10H14Si. The van der Waals surface area contributed by atoms with Crippen LogP contribution in [0.1, 0.15) is 19.4 Å². The molecule has 0 amide bonds. The fourth-order valence-corrected chi connectivity index (χ4v) is 1.31. The molecule has 0 nitrogen and oxygen atoms in total. The first-order valence-electron chi connectivity index (χ1n) is 3.91. The summed E-state index contributed by atoms with van der Waals surface area (Å²) in [5.74, 6) is 0. The van der Waals surface area contributed by atoms with Crippen LogP contribution >= 0.6 is 0 Å². The van der Waals surface area contributed by atoms with E-state index < -0.39 is 0 Å². The van der Waals surface area contributed by atoms with Crippen molar-refractivity contribution >= 4 is 15.4 Å². The van der Waals surface area contributed by atoms with Crippen molar-refractivity contribution < 1.29 is 0 Å². The Balaban J connectivity index is 3.04. The Labute approximate surface area is 71.4 Å². The quantitative estimate of drug-likeness (QED) is 0.552. The molecule has 0 aromatic heterocycles. The molecule has 0 radical (unpaired) electrons. The molecule has 0 aliphatic heterocycles. The first kappa shape index (κ1) is 8.28. The predicted octanol–water partition coefficient (Wildman–Crippen LogP) is 1.80. The van der Waals surface area contributed by atoms with Gasteiger partial charge in [-0.3, -0.25) is 0 Å². The van der Waals surface area contributed by atoms with Gasteiger partial charge >= 0.3 is 0 Å². The third-order valence-corrected chi connectivity index (χ3v) is 3.53. The summed E-state index contributed by atoms with van der Waals surface area (Å²) in [4.78, 5) is 0. The maximum atomic E-state index is 2.18. The summed E-state index contributed by atoms with van der Waals surface area (Å²) in [7, 11) is 1.14. The lowest BCUT2D eigenvalue weighted by atomic mass is 10.1. The van der Waals surface area contributed by atoms with E-state index in [-0.39, 0.29) is 0 Å². The molecule has 0 saturated heterocycles. The van der Waals surface area contributed by atoms with Gasteiger partial charge in [0.1, 0.15) is 0 Å². The smallest absolute Gasteiger partial charge is 0.0391 e. The van der Waals surface area contributed by atoms with Crippen molar-refractivity contribution in [3.8, 4) is 0 Å². The van der Waals surface area contributed by atoms with E-state index in [9.17, 15) is 0 Å². The van der Waals surface area contributed by atoms with Gasteiger partial charge in [0.15, 0.2) is 0 Å². The standard InChI is InChI=1S/C10H14Si/c1-8(2)10(11)9-6-4-3-5-7-9/h3-7H,1-2,11H3. The zero-order chi connectivity index (χ0) is 8.27. The average Bonchev–Trinajstić information content (AvgIpc) is 2.05. The van der Waals surface area contributed by atoms with Gasteiger partial charge in [-0.05, 0) is 19.4 Å². The monoisotopic (exact) mass is 162 g/mol. The summed E-state index contributed by atoms with van der Waals surface area (Å²) < 4.78 is 0. The first-order chi connectivity index (χ1) is 5.22. The summed E-state index contributed by atoms with van der Waals surface area (Å²) in [6.45, 7) is 4.35. The van der Waals surface area contributed by atoms with Crippen LogP contribution in [0.3, 0.4) is 0 Å². The highest BCUT2D eigenvalue weighted by Crippen LogP contribution is 2.13. The zero-order valence-electron chi connectivity index (χ0n) is 7.39. The Morgan fingerprint density at radius 1 is 1.09 bits per heavy atom. The molecular weight excluding hydrogens is 148 g/mol. The number of allylic oxidation sites excluding steroid dienone is 1. The van der Waals surface area contributed by atoms with Gasteiger partial charge < -0.3 is 0 Å². The topological polar surface area (TPSA) is 0 Å². The molecule has 0 fully saturated rings. The highest BCUT2D eigenvalue weighted by molar-refractivity contribution is 6.42.